The Bertz CT molecular complexity index is 286. The van der Waals surface area contributed by atoms with E-state index in [-0.39, 0.29) is 0 Å². The van der Waals surface area contributed by atoms with E-state index in [2.05, 4.69) is 29.6 Å². The smallest absolute Gasteiger partial charge is 0.0772 e. The summed E-state index contributed by atoms with van der Waals surface area (Å²) in [5.74, 6) is 0. The van der Waals surface area contributed by atoms with Crippen molar-refractivity contribution in [3.63, 3.8) is 0 Å². The lowest BCUT2D eigenvalue weighted by Crippen LogP contribution is -2.37. The van der Waals surface area contributed by atoms with E-state index >= 15 is 0 Å². The molecule has 0 aromatic heterocycles. The van der Waals surface area contributed by atoms with Crippen LogP contribution in [0.1, 0.15) is 25.7 Å². The normalized spacial score (nSPS) is 26.2. The van der Waals surface area contributed by atoms with E-state index in [0.29, 0.717) is 12.1 Å². The third-order valence-corrected chi connectivity index (χ3v) is 3.13. The summed E-state index contributed by atoms with van der Waals surface area (Å²) in [5, 5.41) is 3.56. The van der Waals surface area contributed by atoms with Crippen molar-refractivity contribution >= 4 is 5.69 Å². The van der Waals surface area contributed by atoms with Crippen LogP contribution in [0.15, 0.2) is 30.3 Å². The lowest BCUT2D eigenvalue weighted by molar-refractivity contribution is 0.0606. The van der Waals surface area contributed by atoms with Gasteiger partial charge in [-0.05, 0) is 25.0 Å². The highest BCUT2D eigenvalue weighted by atomic mass is 16.5. The monoisotopic (exact) mass is 205 g/mol. The average Bonchev–Trinajstić information content (AvgIpc) is 2.31. The predicted octanol–water partition coefficient (Wildman–Crippen LogP) is 3.06. The zero-order chi connectivity index (χ0) is 10.5. The third-order valence-electron chi connectivity index (χ3n) is 3.13. The summed E-state index contributed by atoms with van der Waals surface area (Å²) >= 11 is 0. The van der Waals surface area contributed by atoms with Gasteiger partial charge in [0, 0.05) is 12.8 Å². The molecule has 1 aromatic carbocycles. The van der Waals surface area contributed by atoms with Gasteiger partial charge in [-0.3, -0.25) is 0 Å². The molecule has 1 aliphatic carbocycles. The van der Waals surface area contributed by atoms with Gasteiger partial charge in [-0.2, -0.15) is 0 Å². The summed E-state index contributed by atoms with van der Waals surface area (Å²) in [6, 6.07) is 10.9. The van der Waals surface area contributed by atoms with Crippen molar-refractivity contribution in [1.29, 1.82) is 0 Å². The van der Waals surface area contributed by atoms with E-state index in [4.69, 9.17) is 4.74 Å². The molecular formula is C13H19NO. The summed E-state index contributed by atoms with van der Waals surface area (Å²) in [6.45, 7) is 0. The van der Waals surface area contributed by atoms with Crippen molar-refractivity contribution in [3.8, 4) is 0 Å². The fraction of sp³-hybridized carbons (Fsp3) is 0.538. The molecule has 0 heterocycles. The number of ether oxygens (including phenoxy) is 1. The number of methoxy groups -OCH3 is 1. The molecule has 1 aromatic rings. The Kier molecular flexibility index (Phi) is 3.62. The van der Waals surface area contributed by atoms with E-state index in [1.165, 1.54) is 31.4 Å². The highest BCUT2D eigenvalue weighted by Gasteiger charge is 2.24. The third kappa shape index (κ3) is 2.72. The van der Waals surface area contributed by atoms with Crippen LogP contribution in [0.2, 0.25) is 0 Å². The van der Waals surface area contributed by atoms with Crippen LogP contribution in [0.4, 0.5) is 5.69 Å². The van der Waals surface area contributed by atoms with E-state index < -0.39 is 0 Å². The number of hydrogen-bond acceptors (Lipinski definition) is 2. The molecule has 2 rings (SSSR count). The molecule has 1 fully saturated rings. The average molecular weight is 205 g/mol. The summed E-state index contributed by atoms with van der Waals surface area (Å²) < 4.78 is 5.51. The first-order valence-corrected chi connectivity index (χ1v) is 5.74. The molecular weight excluding hydrogens is 186 g/mol. The molecule has 82 valence electrons. The standard InChI is InChI=1S/C13H19NO/c1-15-13-10-6-5-9-12(13)14-11-7-3-2-4-8-11/h2-4,7-8,12-14H,5-6,9-10H2,1H3. The first-order chi connectivity index (χ1) is 7.40. The van der Waals surface area contributed by atoms with E-state index in [0.717, 1.165) is 0 Å². The minimum atomic E-state index is 0.374. The minimum absolute atomic E-state index is 0.374. The number of para-hydroxylation sites is 1. The fourth-order valence-electron chi connectivity index (χ4n) is 2.29. The molecule has 0 amide bonds. The first-order valence-electron chi connectivity index (χ1n) is 5.74. The minimum Gasteiger partial charge on any atom is -0.380 e. The van der Waals surface area contributed by atoms with Crippen molar-refractivity contribution in [2.45, 2.75) is 37.8 Å². The van der Waals surface area contributed by atoms with Crippen LogP contribution in [-0.4, -0.2) is 19.3 Å². The van der Waals surface area contributed by atoms with Crippen molar-refractivity contribution in [1.82, 2.24) is 0 Å². The number of hydrogen-bond donors (Lipinski definition) is 1. The Balaban J connectivity index is 1.97. The van der Waals surface area contributed by atoms with Crippen molar-refractivity contribution in [3.05, 3.63) is 30.3 Å². The lowest BCUT2D eigenvalue weighted by atomic mass is 9.92. The van der Waals surface area contributed by atoms with Crippen LogP contribution in [0.3, 0.4) is 0 Å². The van der Waals surface area contributed by atoms with Gasteiger partial charge >= 0.3 is 0 Å². The molecule has 2 atom stereocenters. The summed E-state index contributed by atoms with van der Waals surface area (Å²) in [5.41, 5.74) is 1.20. The molecule has 1 saturated carbocycles. The molecule has 2 nitrogen and oxygen atoms in total. The van der Waals surface area contributed by atoms with Crippen LogP contribution in [-0.2, 0) is 4.74 Å². The van der Waals surface area contributed by atoms with Crippen LogP contribution in [0.25, 0.3) is 0 Å². The second-order valence-electron chi connectivity index (χ2n) is 4.18. The summed E-state index contributed by atoms with van der Waals surface area (Å²) in [7, 11) is 1.82. The van der Waals surface area contributed by atoms with Crippen molar-refractivity contribution in [2.75, 3.05) is 12.4 Å². The fourth-order valence-corrected chi connectivity index (χ4v) is 2.29. The van der Waals surface area contributed by atoms with Gasteiger partial charge in [0.1, 0.15) is 0 Å². The number of benzene rings is 1. The molecule has 15 heavy (non-hydrogen) atoms. The number of rotatable bonds is 3. The topological polar surface area (TPSA) is 21.3 Å². The molecule has 0 saturated heterocycles. The van der Waals surface area contributed by atoms with Gasteiger partial charge in [-0.1, -0.05) is 31.0 Å². The van der Waals surface area contributed by atoms with Gasteiger partial charge < -0.3 is 10.1 Å². The molecule has 1 N–H and O–H groups in total. The number of nitrogens with one attached hydrogen (secondary N) is 1. The maximum Gasteiger partial charge on any atom is 0.0772 e. The van der Waals surface area contributed by atoms with E-state index in [1.807, 2.05) is 13.2 Å². The second kappa shape index (κ2) is 5.17. The molecule has 2 heteroatoms. The summed E-state index contributed by atoms with van der Waals surface area (Å²) in [6.07, 6.45) is 5.38. The molecule has 0 aliphatic heterocycles. The molecule has 2 unspecified atom stereocenters. The Hall–Kier alpha value is -1.02. The quantitative estimate of drug-likeness (QED) is 0.819. The highest BCUT2D eigenvalue weighted by Crippen LogP contribution is 2.23. The predicted molar refractivity (Wildman–Crippen MR) is 63.1 cm³/mol. The van der Waals surface area contributed by atoms with Gasteiger partial charge in [-0.25, -0.2) is 0 Å². The van der Waals surface area contributed by atoms with Gasteiger partial charge in [0.25, 0.3) is 0 Å². The second-order valence-corrected chi connectivity index (χ2v) is 4.18. The molecule has 0 spiro atoms. The van der Waals surface area contributed by atoms with Crippen LogP contribution < -0.4 is 5.32 Å². The molecule has 0 bridgehead atoms. The van der Waals surface area contributed by atoms with Crippen LogP contribution in [0.5, 0.6) is 0 Å². The number of anilines is 1. The van der Waals surface area contributed by atoms with Crippen molar-refractivity contribution < 1.29 is 4.74 Å². The van der Waals surface area contributed by atoms with Crippen LogP contribution >= 0.6 is 0 Å². The maximum absolute atomic E-state index is 5.51. The zero-order valence-corrected chi connectivity index (χ0v) is 9.28. The SMILES string of the molecule is COC1CCCCC1Nc1ccccc1. The van der Waals surface area contributed by atoms with Gasteiger partial charge in [0.15, 0.2) is 0 Å². The zero-order valence-electron chi connectivity index (χ0n) is 9.28. The van der Waals surface area contributed by atoms with Gasteiger partial charge in [0.2, 0.25) is 0 Å². The molecule has 0 radical (unpaired) electrons. The van der Waals surface area contributed by atoms with Gasteiger partial charge in [-0.15, -0.1) is 0 Å². The van der Waals surface area contributed by atoms with Crippen LogP contribution in [0, 0.1) is 0 Å². The Morgan fingerprint density at radius 1 is 1.13 bits per heavy atom. The Morgan fingerprint density at radius 3 is 2.60 bits per heavy atom. The first kappa shape index (κ1) is 10.5. The maximum atomic E-state index is 5.51. The Morgan fingerprint density at radius 2 is 1.87 bits per heavy atom. The summed E-state index contributed by atoms with van der Waals surface area (Å²) in [4.78, 5) is 0. The largest absolute Gasteiger partial charge is 0.380 e. The van der Waals surface area contributed by atoms with E-state index in [9.17, 15) is 0 Å². The lowest BCUT2D eigenvalue weighted by Gasteiger charge is -2.31. The Labute approximate surface area is 91.6 Å². The molecule has 1 aliphatic rings. The highest BCUT2D eigenvalue weighted by molar-refractivity contribution is 5.43. The van der Waals surface area contributed by atoms with Crippen molar-refractivity contribution in [2.24, 2.45) is 0 Å². The van der Waals surface area contributed by atoms with E-state index in [1.54, 1.807) is 0 Å². The van der Waals surface area contributed by atoms with Gasteiger partial charge in [0.05, 0.1) is 12.1 Å².